The molecule has 0 N–H and O–H groups in total. The SMILES string of the molecule is Cc1c(C(=O)N(C)c2cccc(Cl)c2)sc2nc3n(c(=O)c12)CCCCC3. The van der Waals surface area contributed by atoms with Crippen molar-refractivity contribution in [3.63, 3.8) is 0 Å². The molecule has 0 atom stereocenters. The zero-order chi connectivity index (χ0) is 19.1. The minimum atomic E-state index is -0.155. The Balaban J connectivity index is 1.81. The number of hydrogen-bond acceptors (Lipinski definition) is 4. The molecule has 0 saturated carbocycles. The summed E-state index contributed by atoms with van der Waals surface area (Å²) in [6.07, 6.45) is 3.97. The molecule has 0 radical (unpaired) electrons. The van der Waals surface area contributed by atoms with Crippen molar-refractivity contribution in [1.29, 1.82) is 0 Å². The summed E-state index contributed by atoms with van der Waals surface area (Å²) in [7, 11) is 1.72. The molecular formula is C20H20ClN3O2S. The highest BCUT2D eigenvalue weighted by molar-refractivity contribution is 7.20. The van der Waals surface area contributed by atoms with Crippen molar-refractivity contribution < 1.29 is 4.79 Å². The van der Waals surface area contributed by atoms with E-state index in [4.69, 9.17) is 16.6 Å². The molecule has 5 nitrogen and oxygen atoms in total. The molecule has 2 aromatic heterocycles. The largest absolute Gasteiger partial charge is 0.311 e. The van der Waals surface area contributed by atoms with Gasteiger partial charge in [0.15, 0.2) is 0 Å². The molecular weight excluding hydrogens is 382 g/mol. The van der Waals surface area contributed by atoms with Crippen molar-refractivity contribution in [3.8, 4) is 0 Å². The van der Waals surface area contributed by atoms with E-state index in [0.717, 1.165) is 31.5 Å². The highest BCUT2D eigenvalue weighted by atomic mass is 35.5. The average molecular weight is 402 g/mol. The number of carbonyl (C=O) groups excluding carboxylic acids is 1. The maximum atomic E-state index is 13.1. The smallest absolute Gasteiger partial charge is 0.268 e. The van der Waals surface area contributed by atoms with E-state index < -0.39 is 0 Å². The zero-order valence-corrected chi connectivity index (χ0v) is 16.9. The van der Waals surface area contributed by atoms with Gasteiger partial charge in [-0.05, 0) is 43.5 Å². The first kappa shape index (κ1) is 18.2. The zero-order valence-electron chi connectivity index (χ0n) is 15.3. The molecule has 0 aliphatic carbocycles. The van der Waals surface area contributed by atoms with Gasteiger partial charge in [-0.3, -0.25) is 14.2 Å². The molecule has 0 bridgehead atoms. The normalized spacial score (nSPS) is 14.0. The number of aryl methyl sites for hydroxylation is 2. The molecule has 0 unspecified atom stereocenters. The molecule has 7 heteroatoms. The summed E-state index contributed by atoms with van der Waals surface area (Å²) in [6.45, 7) is 2.54. The molecule has 1 amide bonds. The Kier molecular flexibility index (Phi) is 4.78. The Hall–Kier alpha value is -2.18. The number of fused-ring (bicyclic) bond motifs is 2. The number of carbonyl (C=O) groups is 1. The molecule has 0 fully saturated rings. The van der Waals surface area contributed by atoms with Crippen LogP contribution in [0.25, 0.3) is 10.2 Å². The lowest BCUT2D eigenvalue weighted by Crippen LogP contribution is -2.26. The van der Waals surface area contributed by atoms with Crippen molar-refractivity contribution in [3.05, 3.63) is 55.9 Å². The van der Waals surface area contributed by atoms with Gasteiger partial charge in [0.25, 0.3) is 11.5 Å². The average Bonchev–Trinajstić information content (AvgIpc) is 2.82. The Morgan fingerprint density at radius 3 is 2.89 bits per heavy atom. The summed E-state index contributed by atoms with van der Waals surface area (Å²) in [5.74, 6) is 0.686. The van der Waals surface area contributed by atoms with Crippen LogP contribution in [0.3, 0.4) is 0 Å². The van der Waals surface area contributed by atoms with Crippen LogP contribution < -0.4 is 10.5 Å². The topological polar surface area (TPSA) is 55.2 Å². The Bertz CT molecular complexity index is 1100. The van der Waals surface area contributed by atoms with Crippen LogP contribution in [0.15, 0.2) is 29.1 Å². The predicted octanol–water partition coefficient (Wildman–Crippen LogP) is 4.42. The number of aromatic nitrogens is 2. The number of benzene rings is 1. The summed E-state index contributed by atoms with van der Waals surface area (Å²) < 4.78 is 1.80. The van der Waals surface area contributed by atoms with Gasteiger partial charge in [0.05, 0.1) is 10.3 Å². The highest BCUT2D eigenvalue weighted by Gasteiger charge is 2.24. The number of amides is 1. The van der Waals surface area contributed by atoms with E-state index in [2.05, 4.69) is 0 Å². The van der Waals surface area contributed by atoms with Gasteiger partial charge in [-0.1, -0.05) is 24.1 Å². The minimum Gasteiger partial charge on any atom is -0.311 e. The first-order chi connectivity index (χ1) is 13.0. The van der Waals surface area contributed by atoms with Crippen LogP contribution in [-0.4, -0.2) is 22.5 Å². The lowest BCUT2D eigenvalue weighted by molar-refractivity contribution is 0.0996. The predicted molar refractivity (Wildman–Crippen MR) is 110 cm³/mol. The van der Waals surface area contributed by atoms with Gasteiger partial charge in [-0.15, -0.1) is 11.3 Å². The lowest BCUT2D eigenvalue weighted by atomic mass is 10.2. The second-order valence-corrected chi connectivity index (χ2v) is 8.31. The Morgan fingerprint density at radius 1 is 1.30 bits per heavy atom. The van der Waals surface area contributed by atoms with Crippen LogP contribution in [0.4, 0.5) is 5.69 Å². The third-order valence-corrected chi connectivity index (χ3v) is 6.51. The van der Waals surface area contributed by atoms with Crippen molar-refractivity contribution in [1.82, 2.24) is 9.55 Å². The minimum absolute atomic E-state index is 0.0184. The van der Waals surface area contributed by atoms with E-state index >= 15 is 0 Å². The van der Waals surface area contributed by atoms with Crippen LogP contribution >= 0.6 is 22.9 Å². The molecule has 0 saturated heterocycles. The fraction of sp³-hybridized carbons (Fsp3) is 0.350. The fourth-order valence-corrected chi connectivity index (χ4v) is 4.92. The van der Waals surface area contributed by atoms with Gasteiger partial charge in [-0.25, -0.2) is 4.98 Å². The number of anilines is 1. The van der Waals surface area contributed by atoms with Crippen molar-refractivity contribution in [2.24, 2.45) is 0 Å². The van der Waals surface area contributed by atoms with Crippen LogP contribution in [0.2, 0.25) is 5.02 Å². The number of nitrogens with zero attached hydrogens (tertiary/aromatic N) is 3. The van der Waals surface area contributed by atoms with Gasteiger partial charge in [0.2, 0.25) is 0 Å². The van der Waals surface area contributed by atoms with E-state index in [1.807, 2.05) is 19.1 Å². The third kappa shape index (κ3) is 3.17. The number of thiophene rings is 1. The molecule has 27 heavy (non-hydrogen) atoms. The Labute approximate surface area is 166 Å². The number of rotatable bonds is 2. The first-order valence-corrected chi connectivity index (χ1v) is 10.2. The molecule has 3 heterocycles. The van der Waals surface area contributed by atoms with Crippen LogP contribution in [0.5, 0.6) is 0 Å². The van der Waals surface area contributed by atoms with Gasteiger partial charge >= 0.3 is 0 Å². The van der Waals surface area contributed by atoms with Gasteiger partial charge < -0.3 is 4.90 Å². The molecule has 1 aromatic carbocycles. The molecule has 0 spiro atoms. The molecule has 4 rings (SSSR count). The summed E-state index contributed by atoms with van der Waals surface area (Å²) in [4.78, 5) is 33.7. The summed E-state index contributed by atoms with van der Waals surface area (Å²) in [6, 6.07) is 7.16. The molecule has 140 valence electrons. The third-order valence-electron chi connectivity index (χ3n) is 5.11. The molecule has 1 aliphatic rings. The molecule has 1 aliphatic heterocycles. The second-order valence-electron chi connectivity index (χ2n) is 6.88. The van der Waals surface area contributed by atoms with E-state index in [9.17, 15) is 9.59 Å². The van der Waals surface area contributed by atoms with Gasteiger partial charge in [0, 0.05) is 30.7 Å². The standard InChI is InChI=1S/C20H20ClN3O2S/c1-12-16-18(22-15-9-4-3-5-10-24(15)19(16)25)27-17(12)20(26)23(2)14-8-6-7-13(21)11-14/h6-8,11H,3-5,9-10H2,1-2H3. The van der Waals surface area contributed by atoms with Crippen molar-refractivity contribution >= 4 is 44.7 Å². The van der Waals surface area contributed by atoms with E-state index in [0.29, 0.717) is 37.9 Å². The first-order valence-electron chi connectivity index (χ1n) is 9.04. The lowest BCUT2D eigenvalue weighted by Gasteiger charge is -2.17. The summed E-state index contributed by atoms with van der Waals surface area (Å²) in [5.41, 5.74) is 1.41. The number of hydrogen-bond donors (Lipinski definition) is 0. The maximum Gasteiger partial charge on any atom is 0.268 e. The monoisotopic (exact) mass is 401 g/mol. The van der Waals surface area contributed by atoms with Crippen LogP contribution in [-0.2, 0) is 13.0 Å². The van der Waals surface area contributed by atoms with Gasteiger partial charge in [0.1, 0.15) is 10.7 Å². The van der Waals surface area contributed by atoms with E-state index in [-0.39, 0.29) is 11.5 Å². The quantitative estimate of drug-likeness (QED) is 0.638. The molecule has 3 aromatic rings. The summed E-state index contributed by atoms with van der Waals surface area (Å²) in [5, 5.41) is 1.15. The fourth-order valence-electron chi connectivity index (χ4n) is 3.57. The van der Waals surface area contributed by atoms with Crippen LogP contribution in [0.1, 0.15) is 40.3 Å². The Morgan fingerprint density at radius 2 is 2.11 bits per heavy atom. The summed E-state index contributed by atoms with van der Waals surface area (Å²) >= 11 is 7.36. The van der Waals surface area contributed by atoms with Crippen LogP contribution in [0, 0.1) is 6.92 Å². The number of halogens is 1. The van der Waals surface area contributed by atoms with E-state index in [1.54, 1.807) is 28.6 Å². The van der Waals surface area contributed by atoms with E-state index in [1.165, 1.54) is 11.3 Å². The maximum absolute atomic E-state index is 13.1. The van der Waals surface area contributed by atoms with Crippen molar-refractivity contribution in [2.75, 3.05) is 11.9 Å². The highest BCUT2D eigenvalue weighted by Crippen LogP contribution is 2.30. The second kappa shape index (κ2) is 7.09. The van der Waals surface area contributed by atoms with Crippen molar-refractivity contribution in [2.45, 2.75) is 39.2 Å². The van der Waals surface area contributed by atoms with Gasteiger partial charge in [-0.2, -0.15) is 0 Å².